The van der Waals surface area contributed by atoms with Crippen LogP contribution in [0.25, 0.3) is 0 Å². The average molecular weight is 245 g/mol. The van der Waals surface area contributed by atoms with Crippen molar-refractivity contribution < 1.29 is 9.53 Å². The zero-order valence-electron chi connectivity index (χ0n) is 10.7. The highest BCUT2D eigenvalue weighted by atomic mass is 16.6. The fourth-order valence-corrected chi connectivity index (χ4v) is 3.23. The van der Waals surface area contributed by atoms with Crippen molar-refractivity contribution in [1.82, 2.24) is 4.90 Å². The Morgan fingerprint density at radius 2 is 2.06 bits per heavy atom. The van der Waals surface area contributed by atoms with Crippen molar-refractivity contribution in [3.8, 4) is 0 Å². The lowest BCUT2D eigenvalue weighted by atomic mass is 9.83. The number of carbonyl (C=O) groups excluding carboxylic acids is 1. The molecule has 3 nitrogen and oxygen atoms in total. The summed E-state index contributed by atoms with van der Waals surface area (Å²) in [5, 5.41) is 0. The number of piperidine rings is 3. The summed E-state index contributed by atoms with van der Waals surface area (Å²) in [5.74, 6) is 0.541. The van der Waals surface area contributed by atoms with Gasteiger partial charge in [0.15, 0.2) is 6.23 Å². The monoisotopic (exact) mass is 245 g/mol. The molecule has 1 aromatic rings. The summed E-state index contributed by atoms with van der Waals surface area (Å²) in [7, 11) is 0. The molecule has 18 heavy (non-hydrogen) atoms. The summed E-state index contributed by atoms with van der Waals surface area (Å²) in [6.45, 7) is 3.30. The van der Waals surface area contributed by atoms with E-state index in [2.05, 4.69) is 11.8 Å². The Morgan fingerprint density at radius 3 is 2.72 bits per heavy atom. The van der Waals surface area contributed by atoms with Gasteiger partial charge in [0.25, 0.3) is 0 Å². The summed E-state index contributed by atoms with van der Waals surface area (Å²) >= 11 is 0. The maximum Gasteiger partial charge on any atom is 0.339 e. The number of rotatable bonds is 2. The molecule has 2 bridgehead atoms. The van der Waals surface area contributed by atoms with Gasteiger partial charge >= 0.3 is 5.97 Å². The van der Waals surface area contributed by atoms with Crippen LogP contribution in [0.3, 0.4) is 0 Å². The Morgan fingerprint density at radius 1 is 1.28 bits per heavy atom. The van der Waals surface area contributed by atoms with Gasteiger partial charge in [0.1, 0.15) is 0 Å². The molecule has 1 aromatic carbocycles. The van der Waals surface area contributed by atoms with E-state index in [0.29, 0.717) is 11.6 Å². The zero-order valence-corrected chi connectivity index (χ0v) is 10.7. The quantitative estimate of drug-likeness (QED) is 0.750. The maximum atomic E-state index is 12.0. The summed E-state index contributed by atoms with van der Waals surface area (Å²) in [4.78, 5) is 14.4. The van der Waals surface area contributed by atoms with E-state index in [1.54, 1.807) is 0 Å². The van der Waals surface area contributed by atoms with Gasteiger partial charge in [-0.3, -0.25) is 4.90 Å². The van der Waals surface area contributed by atoms with Crippen LogP contribution >= 0.6 is 0 Å². The molecular weight excluding hydrogens is 226 g/mol. The minimum Gasteiger partial charge on any atom is -0.443 e. The molecule has 0 aliphatic carbocycles. The highest BCUT2D eigenvalue weighted by Gasteiger charge is 2.39. The van der Waals surface area contributed by atoms with Gasteiger partial charge in [-0.1, -0.05) is 18.2 Å². The van der Waals surface area contributed by atoms with E-state index < -0.39 is 0 Å². The summed E-state index contributed by atoms with van der Waals surface area (Å²) in [6.07, 6.45) is 3.49. The Kier molecular flexibility index (Phi) is 3.08. The van der Waals surface area contributed by atoms with E-state index in [-0.39, 0.29) is 12.2 Å². The Hall–Kier alpha value is -1.35. The number of fused-ring (bicyclic) bond motifs is 3. The van der Waals surface area contributed by atoms with Crippen molar-refractivity contribution in [3.63, 3.8) is 0 Å². The Bertz CT molecular complexity index is 431. The van der Waals surface area contributed by atoms with Gasteiger partial charge in [0.05, 0.1) is 5.56 Å². The normalized spacial score (nSPS) is 34.3. The van der Waals surface area contributed by atoms with Crippen molar-refractivity contribution >= 4 is 5.97 Å². The van der Waals surface area contributed by atoms with Crippen LogP contribution in [0.15, 0.2) is 30.3 Å². The molecule has 3 fully saturated rings. The number of nitrogens with zero attached hydrogens (tertiary/aromatic N) is 1. The second-order valence-corrected chi connectivity index (χ2v) is 5.44. The van der Waals surface area contributed by atoms with Crippen molar-refractivity contribution in [3.05, 3.63) is 35.9 Å². The van der Waals surface area contributed by atoms with Gasteiger partial charge in [-0.05, 0) is 37.8 Å². The second kappa shape index (κ2) is 4.73. The molecular formula is C15H19NO2. The van der Waals surface area contributed by atoms with Crippen molar-refractivity contribution in [2.45, 2.75) is 38.5 Å². The highest BCUT2D eigenvalue weighted by molar-refractivity contribution is 5.89. The molecule has 3 aliphatic rings. The third kappa shape index (κ3) is 2.15. The smallest absolute Gasteiger partial charge is 0.339 e. The fraction of sp³-hybridized carbons (Fsp3) is 0.533. The average Bonchev–Trinajstić information content (AvgIpc) is 2.40. The number of esters is 1. The number of hydrogen-bond acceptors (Lipinski definition) is 3. The second-order valence-electron chi connectivity index (χ2n) is 5.44. The molecule has 96 valence electrons. The molecule has 3 heteroatoms. The van der Waals surface area contributed by atoms with Crippen LogP contribution in [-0.2, 0) is 4.74 Å². The summed E-state index contributed by atoms with van der Waals surface area (Å²) in [6, 6.07) is 9.81. The van der Waals surface area contributed by atoms with Gasteiger partial charge < -0.3 is 4.74 Å². The SMILES string of the molecule is CC1CC2CCN1C(OC(=O)c1ccccc1)C2. The fourth-order valence-electron chi connectivity index (χ4n) is 3.23. The number of benzene rings is 1. The molecule has 4 rings (SSSR count). The standard InChI is InChI=1S/C15H19NO2/c1-11-9-12-7-8-16(11)14(10-12)18-15(17)13-5-3-2-4-6-13/h2-6,11-12,14H,7-10H2,1H3. The first-order valence-electron chi connectivity index (χ1n) is 6.76. The number of hydrogen-bond donors (Lipinski definition) is 0. The maximum absolute atomic E-state index is 12.0. The topological polar surface area (TPSA) is 29.5 Å². The largest absolute Gasteiger partial charge is 0.443 e. The zero-order chi connectivity index (χ0) is 12.5. The molecule has 0 saturated carbocycles. The van der Waals surface area contributed by atoms with Gasteiger partial charge in [-0.15, -0.1) is 0 Å². The van der Waals surface area contributed by atoms with Crippen molar-refractivity contribution in [1.29, 1.82) is 0 Å². The molecule has 4 unspecified atom stereocenters. The third-order valence-corrected chi connectivity index (χ3v) is 4.19. The number of ether oxygens (including phenoxy) is 1. The summed E-state index contributed by atoms with van der Waals surface area (Å²) in [5.41, 5.74) is 0.646. The van der Waals surface area contributed by atoms with Crippen LogP contribution in [-0.4, -0.2) is 29.7 Å². The third-order valence-electron chi connectivity index (χ3n) is 4.19. The van der Waals surface area contributed by atoms with E-state index in [9.17, 15) is 4.79 Å². The Labute approximate surface area is 108 Å². The number of carbonyl (C=O) groups is 1. The summed E-state index contributed by atoms with van der Waals surface area (Å²) < 4.78 is 5.67. The van der Waals surface area contributed by atoms with Crippen LogP contribution in [0.2, 0.25) is 0 Å². The van der Waals surface area contributed by atoms with Crippen molar-refractivity contribution in [2.75, 3.05) is 6.54 Å². The van der Waals surface area contributed by atoms with Crippen LogP contribution < -0.4 is 0 Å². The van der Waals surface area contributed by atoms with Crippen LogP contribution in [0.5, 0.6) is 0 Å². The predicted octanol–water partition coefficient (Wildman–Crippen LogP) is 2.67. The van der Waals surface area contributed by atoms with E-state index >= 15 is 0 Å². The van der Waals surface area contributed by atoms with E-state index in [1.165, 1.54) is 12.8 Å². The molecule has 0 aromatic heterocycles. The molecule has 3 heterocycles. The van der Waals surface area contributed by atoms with Gasteiger partial charge in [0.2, 0.25) is 0 Å². The lowest BCUT2D eigenvalue weighted by molar-refractivity contribution is -0.113. The first kappa shape index (κ1) is 11.7. The van der Waals surface area contributed by atoms with Gasteiger partial charge in [-0.25, -0.2) is 4.79 Å². The highest BCUT2D eigenvalue weighted by Crippen LogP contribution is 2.36. The van der Waals surface area contributed by atoms with Crippen LogP contribution in [0.4, 0.5) is 0 Å². The van der Waals surface area contributed by atoms with Crippen LogP contribution in [0.1, 0.15) is 36.5 Å². The molecule has 0 amide bonds. The molecule has 3 saturated heterocycles. The lowest BCUT2D eigenvalue weighted by Crippen LogP contribution is -2.54. The molecule has 4 atom stereocenters. The van der Waals surface area contributed by atoms with Gasteiger partial charge in [-0.2, -0.15) is 0 Å². The van der Waals surface area contributed by atoms with E-state index in [4.69, 9.17) is 4.74 Å². The van der Waals surface area contributed by atoms with Crippen molar-refractivity contribution in [2.24, 2.45) is 5.92 Å². The van der Waals surface area contributed by atoms with Crippen LogP contribution in [0, 0.1) is 5.92 Å². The first-order chi connectivity index (χ1) is 8.74. The van der Waals surface area contributed by atoms with Gasteiger partial charge in [0, 0.05) is 19.0 Å². The van der Waals surface area contributed by atoms with E-state index in [1.807, 2.05) is 30.3 Å². The minimum absolute atomic E-state index is 0.0137. The lowest BCUT2D eigenvalue weighted by Gasteiger charge is -2.48. The molecule has 0 spiro atoms. The van der Waals surface area contributed by atoms with E-state index in [0.717, 1.165) is 18.9 Å². The predicted molar refractivity (Wildman–Crippen MR) is 69.2 cm³/mol. The molecule has 0 N–H and O–H groups in total. The first-order valence-corrected chi connectivity index (χ1v) is 6.76. The Balaban J connectivity index is 1.68. The minimum atomic E-state index is -0.194. The molecule has 0 radical (unpaired) electrons. The molecule has 3 aliphatic heterocycles.